The molecule has 4 heteroatoms. The van der Waals surface area contributed by atoms with Crippen molar-refractivity contribution >= 4 is 5.91 Å². The zero-order valence-corrected chi connectivity index (χ0v) is 10.1. The van der Waals surface area contributed by atoms with E-state index in [-0.39, 0.29) is 11.8 Å². The quantitative estimate of drug-likeness (QED) is 0.722. The second kappa shape index (κ2) is 5.47. The number of hydrogen-bond acceptors (Lipinski definition) is 3. The average molecular weight is 213 g/mol. The van der Waals surface area contributed by atoms with Gasteiger partial charge in [0.1, 0.15) is 0 Å². The summed E-state index contributed by atoms with van der Waals surface area (Å²) in [5.74, 6) is 0.111. The van der Waals surface area contributed by atoms with Crippen LogP contribution >= 0.6 is 0 Å². The van der Waals surface area contributed by atoms with Crippen LogP contribution in [0.5, 0.6) is 0 Å². The van der Waals surface area contributed by atoms with Gasteiger partial charge in [-0.3, -0.25) is 4.79 Å². The molecule has 1 heterocycles. The van der Waals surface area contributed by atoms with E-state index in [1.807, 2.05) is 18.9 Å². The maximum Gasteiger partial charge on any atom is 0.226 e. The zero-order chi connectivity index (χ0) is 11.4. The first kappa shape index (κ1) is 12.5. The lowest BCUT2D eigenvalue weighted by atomic mass is 10.1. The van der Waals surface area contributed by atoms with Crippen LogP contribution in [-0.2, 0) is 4.79 Å². The largest absolute Gasteiger partial charge is 0.344 e. The lowest BCUT2D eigenvalue weighted by molar-refractivity contribution is -0.133. The number of rotatable bonds is 4. The third kappa shape index (κ3) is 3.18. The zero-order valence-electron chi connectivity index (χ0n) is 10.1. The third-order valence-electron chi connectivity index (χ3n) is 3.31. The van der Waals surface area contributed by atoms with Crippen molar-refractivity contribution in [3.05, 3.63) is 0 Å². The molecule has 0 spiro atoms. The van der Waals surface area contributed by atoms with Gasteiger partial charge in [-0.15, -0.1) is 0 Å². The fraction of sp³-hybridized carbons (Fsp3) is 0.909. The van der Waals surface area contributed by atoms with Gasteiger partial charge >= 0.3 is 0 Å². The molecule has 1 fully saturated rings. The van der Waals surface area contributed by atoms with Crippen molar-refractivity contribution in [2.45, 2.75) is 25.8 Å². The SMILES string of the molecule is CC(CN)C(=O)N(C)CC1CCCN1C. The first-order chi connectivity index (χ1) is 7.06. The van der Waals surface area contributed by atoms with Crippen LogP contribution in [0.1, 0.15) is 19.8 Å². The summed E-state index contributed by atoms with van der Waals surface area (Å²) in [6.45, 7) is 4.31. The molecule has 1 rings (SSSR count). The number of nitrogens with two attached hydrogens (primary N) is 1. The van der Waals surface area contributed by atoms with Crippen LogP contribution in [0.2, 0.25) is 0 Å². The van der Waals surface area contributed by atoms with Gasteiger partial charge in [0, 0.05) is 32.1 Å². The van der Waals surface area contributed by atoms with E-state index in [0.717, 1.165) is 13.1 Å². The molecule has 1 aliphatic rings. The van der Waals surface area contributed by atoms with Crippen molar-refractivity contribution in [1.82, 2.24) is 9.80 Å². The predicted molar refractivity (Wildman–Crippen MR) is 61.5 cm³/mol. The fourth-order valence-corrected chi connectivity index (χ4v) is 2.09. The van der Waals surface area contributed by atoms with E-state index in [1.54, 1.807) is 0 Å². The van der Waals surface area contributed by atoms with Crippen molar-refractivity contribution in [1.29, 1.82) is 0 Å². The highest BCUT2D eigenvalue weighted by atomic mass is 16.2. The van der Waals surface area contributed by atoms with Gasteiger partial charge in [0.2, 0.25) is 5.91 Å². The van der Waals surface area contributed by atoms with Gasteiger partial charge < -0.3 is 15.5 Å². The standard InChI is InChI=1S/C11H23N3O/c1-9(7-12)11(15)14(3)8-10-5-4-6-13(10)2/h9-10H,4-8,12H2,1-3H3. The molecule has 4 nitrogen and oxygen atoms in total. The van der Waals surface area contributed by atoms with Crippen molar-refractivity contribution in [3.63, 3.8) is 0 Å². The minimum atomic E-state index is -0.0540. The highest BCUT2D eigenvalue weighted by molar-refractivity contribution is 5.78. The molecular weight excluding hydrogens is 190 g/mol. The topological polar surface area (TPSA) is 49.6 Å². The van der Waals surface area contributed by atoms with Crippen LogP contribution in [-0.4, -0.2) is 55.5 Å². The molecule has 1 aliphatic heterocycles. The predicted octanol–water partition coefficient (Wildman–Crippen LogP) is 0.134. The van der Waals surface area contributed by atoms with Crippen molar-refractivity contribution in [3.8, 4) is 0 Å². The van der Waals surface area contributed by atoms with Gasteiger partial charge in [0.25, 0.3) is 0 Å². The number of amides is 1. The molecule has 2 unspecified atom stereocenters. The summed E-state index contributed by atoms with van der Waals surface area (Å²) in [7, 11) is 4.00. The van der Waals surface area contributed by atoms with E-state index >= 15 is 0 Å². The Morgan fingerprint density at radius 1 is 1.67 bits per heavy atom. The fourth-order valence-electron chi connectivity index (χ4n) is 2.09. The van der Waals surface area contributed by atoms with Crippen LogP contribution in [0.25, 0.3) is 0 Å². The molecule has 15 heavy (non-hydrogen) atoms. The molecular formula is C11H23N3O. The monoisotopic (exact) mass is 213 g/mol. The summed E-state index contributed by atoms with van der Waals surface area (Å²) in [6, 6.07) is 0.531. The molecule has 0 saturated carbocycles. The lowest BCUT2D eigenvalue weighted by Gasteiger charge is -2.27. The summed E-state index contributed by atoms with van der Waals surface area (Å²) in [6.07, 6.45) is 2.45. The van der Waals surface area contributed by atoms with Crippen LogP contribution in [0.4, 0.5) is 0 Å². The van der Waals surface area contributed by atoms with Gasteiger partial charge in [0.05, 0.1) is 0 Å². The number of likely N-dealkylation sites (tertiary alicyclic amines) is 1. The first-order valence-electron chi connectivity index (χ1n) is 5.71. The Labute approximate surface area is 92.4 Å². The number of likely N-dealkylation sites (N-methyl/N-ethyl adjacent to an activating group) is 2. The molecule has 1 amide bonds. The normalized spacial score (nSPS) is 24.1. The Morgan fingerprint density at radius 2 is 2.33 bits per heavy atom. The van der Waals surface area contributed by atoms with Gasteiger partial charge in [-0.25, -0.2) is 0 Å². The summed E-state index contributed by atoms with van der Waals surface area (Å²) < 4.78 is 0. The maximum atomic E-state index is 11.8. The third-order valence-corrected chi connectivity index (χ3v) is 3.31. The molecule has 2 N–H and O–H groups in total. The van der Waals surface area contributed by atoms with E-state index in [4.69, 9.17) is 5.73 Å². The average Bonchev–Trinajstić information content (AvgIpc) is 2.62. The van der Waals surface area contributed by atoms with Crippen LogP contribution in [0.15, 0.2) is 0 Å². The first-order valence-corrected chi connectivity index (χ1v) is 5.71. The highest BCUT2D eigenvalue weighted by Gasteiger charge is 2.25. The summed E-state index contributed by atoms with van der Waals surface area (Å²) >= 11 is 0. The lowest BCUT2D eigenvalue weighted by Crippen LogP contribution is -2.42. The Bertz CT molecular complexity index is 220. The van der Waals surface area contributed by atoms with E-state index in [0.29, 0.717) is 12.6 Å². The van der Waals surface area contributed by atoms with Crippen LogP contribution < -0.4 is 5.73 Å². The molecule has 88 valence electrons. The Kier molecular flexibility index (Phi) is 4.54. The molecule has 2 atom stereocenters. The highest BCUT2D eigenvalue weighted by Crippen LogP contribution is 2.15. The van der Waals surface area contributed by atoms with Gasteiger partial charge in [-0.2, -0.15) is 0 Å². The second-order valence-corrected chi connectivity index (χ2v) is 4.63. The van der Waals surface area contributed by atoms with Gasteiger partial charge in [-0.1, -0.05) is 6.92 Å². The summed E-state index contributed by atoms with van der Waals surface area (Å²) in [4.78, 5) is 15.9. The Balaban J connectivity index is 2.40. The van der Waals surface area contributed by atoms with Crippen molar-refractivity contribution < 1.29 is 4.79 Å². The molecule has 1 saturated heterocycles. The van der Waals surface area contributed by atoms with Gasteiger partial charge in [0.15, 0.2) is 0 Å². The minimum absolute atomic E-state index is 0.0540. The Morgan fingerprint density at radius 3 is 2.80 bits per heavy atom. The number of nitrogens with zero attached hydrogens (tertiary/aromatic N) is 2. The van der Waals surface area contributed by atoms with Crippen molar-refractivity contribution in [2.24, 2.45) is 11.7 Å². The van der Waals surface area contributed by atoms with Crippen LogP contribution in [0.3, 0.4) is 0 Å². The number of carbonyl (C=O) groups excluding carboxylic acids is 1. The summed E-state index contributed by atoms with van der Waals surface area (Å²) in [5, 5.41) is 0. The van der Waals surface area contributed by atoms with Crippen LogP contribution in [0, 0.1) is 5.92 Å². The molecule has 0 aliphatic carbocycles. The van der Waals surface area contributed by atoms with Gasteiger partial charge in [-0.05, 0) is 26.4 Å². The minimum Gasteiger partial charge on any atom is -0.344 e. The molecule has 0 bridgehead atoms. The van der Waals surface area contributed by atoms with E-state index in [2.05, 4.69) is 11.9 Å². The maximum absolute atomic E-state index is 11.8. The summed E-state index contributed by atoms with van der Waals surface area (Å²) in [5.41, 5.74) is 5.49. The number of carbonyl (C=O) groups is 1. The molecule has 0 aromatic heterocycles. The Hall–Kier alpha value is -0.610. The smallest absolute Gasteiger partial charge is 0.226 e. The van der Waals surface area contributed by atoms with E-state index in [9.17, 15) is 4.79 Å². The molecule has 0 aromatic carbocycles. The van der Waals surface area contributed by atoms with Crippen molar-refractivity contribution in [2.75, 3.05) is 33.7 Å². The van der Waals surface area contributed by atoms with E-state index < -0.39 is 0 Å². The van der Waals surface area contributed by atoms with E-state index in [1.165, 1.54) is 12.8 Å². The molecule has 0 radical (unpaired) electrons. The number of hydrogen-bond donors (Lipinski definition) is 1. The molecule has 0 aromatic rings. The second-order valence-electron chi connectivity index (χ2n) is 4.63.